The molecule has 0 aliphatic rings. The van der Waals surface area contributed by atoms with E-state index in [0.29, 0.717) is 29.7 Å². The fourth-order valence-electron chi connectivity index (χ4n) is 2.34. The number of benzene rings is 1. The molecule has 1 aromatic carbocycles. The van der Waals surface area contributed by atoms with Crippen LogP contribution in [-0.4, -0.2) is 35.1 Å². The zero-order chi connectivity index (χ0) is 19.1. The summed E-state index contributed by atoms with van der Waals surface area (Å²) in [6.07, 6.45) is 3.23. The average molecular weight is 365 g/mol. The molecule has 27 heavy (non-hydrogen) atoms. The lowest BCUT2D eigenvalue weighted by Crippen LogP contribution is -2.16. The Labute approximate surface area is 156 Å². The molecule has 2 heterocycles. The summed E-state index contributed by atoms with van der Waals surface area (Å²) in [5.74, 6) is 1.08. The maximum atomic E-state index is 12.6. The lowest BCUT2D eigenvalue weighted by Gasteiger charge is -2.12. The standard InChI is InChI=1S/C19H19N5O3/c1-26-14-6-7-17(27-2)16(11-14)23-18(25)15-8-10-21-19(24-15)22-12-13-5-3-4-9-20-13/h3-11H,12H2,1-2H3,(H,23,25)(H,21,22,24). The van der Waals surface area contributed by atoms with Gasteiger partial charge in [0.15, 0.2) is 0 Å². The van der Waals surface area contributed by atoms with Crippen LogP contribution < -0.4 is 20.1 Å². The highest BCUT2D eigenvalue weighted by atomic mass is 16.5. The Morgan fingerprint density at radius 2 is 1.93 bits per heavy atom. The number of ether oxygens (including phenoxy) is 2. The Hall–Kier alpha value is -3.68. The third kappa shape index (κ3) is 4.69. The molecule has 0 saturated carbocycles. The largest absolute Gasteiger partial charge is 0.497 e. The molecule has 0 aliphatic heterocycles. The molecule has 0 atom stereocenters. The quantitative estimate of drug-likeness (QED) is 0.664. The zero-order valence-corrected chi connectivity index (χ0v) is 15.0. The second kappa shape index (κ2) is 8.61. The number of hydrogen-bond acceptors (Lipinski definition) is 7. The van der Waals surface area contributed by atoms with Crippen molar-refractivity contribution in [2.75, 3.05) is 24.9 Å². The smallest absolute Gasteiger partial charge is 0.274 e. The van der Waals surface area contributed by atoms with Crippen molar-refractivity contribution in [3.05, 3.63) is 66.2 Å². The van der Waals surface area contributed by atoms with Crippen LogP contribution in [0.15, 0.2) is 54.9 Å². The van der Waals surface area contributed by atoms with Gasteiger partial charge in [-0.15, -0.1) is 0 Å². The van der Waals surface area contributed by atoms with Gasteiger partial charge in [0.2, 0.25) is 5.95 Å². The number of methoxy groups -OCH3 is 2. The molecule has 0 bridgehead atoms. The summed E-state index contributed by atoms with van der Waals surface area (Å²) in [7, 11) is 3.08. The molecule has 1 amide bonds. The number of nitrogens with one attached hydrogen (secondary N) is 2. The highest BCUT2D eigenvalue weighted by molar-refractivity contribution is 6.03. The molecule has 2 N–H and O–H groups in total. The van der Waals surface area contributed by atoms with Gasteiger partial charge in [0.05, 0.1) is 32.1 Å². The van der Waals surface area contributed by atoms with E-state index in [1.807, 2.05) is 18.2 Å². The molecular formula is C19H19N5O3. The van der Waals surface area contributed by atoms with Crippen LogP contribution in [0.25, 0.3) is 0 Å². The highest BCUT2D eigenvalue weighted by Crippen LogP contribution is 2.29. The van der Waals surface area contributed by atoms with E-state index < -0.39 is 0 Å². The summed E-state index contributed by atoms with van der Waals surface area (Å²) in [4.78, 5) is 25.2. The molecule has 138 valence electrons. The number of aromatic nitrogens is 3. The first kappa shape index (κ1) is 18.1. The van der Waals surface area contributed by atoms with Crippen LogP contribution in [0.1, 0.15) is 16.2 Å². The second-order valence-corrected chi connectivity index (χ2v) is 5.46. The Morgan fingerprint density at radius 1 is 1.04 bits per heavy atom. The molecule has 8 heteroatoms. The Kier molecular flexibility index (Phi) is 5.78. The van der Waals surface area contributed by atoms with Gasteiger partial charge in [-0.1, -0.05) is 6.07 Å². The van der Waals surface area contributed by atoms with E-state index in [-0.39, 0.29) is 11.6 Å². The molecule has 0 fully saturated rings. The average Bonchev–Trinajstić information content (AvgIpc) is 2.73. The van der Waals surface area contributed by atoms with Gasteiger partial charge < -0.3 is 20.1 Å². The summed E-state index contributed by atoms with van der Waals surface area (Å²) < 4.78 is 10.5. The number of anilines is 2. The van der Waals surface area contributed by atoms with Gasteiger partial charge in [0, 0.05) is 18.5 Å². The minimum Gasteiger partial charge on any atom is -0.497 e. The van der Waals surface area contributed by atoms with Gasteiger partial charge in [-0.25, -0.2) is 9.97 Å². The number of nitrogens with zero attached hydrogens (tertiary/aromatic N) is 3. The van der Waals surface area contributed by atoms with Crippen molar-refractivity contribution in [1.82, 2.24) is 15.0 Å². The van der Waals surface area contributed by atoms with Crippen molar-refractivity contribution in [3.63, 3.8) is 0 Å². The van der Waals surface area contributed by atoms with Crippen molar-refractivity contribution in [1.29, 1.82) is 0 Å². The predicted molar refractivity (Wildman–Crippen MR) is 101 cm³/mol. The van der Waals surface area contributed by atoms with Crippen LogP contribution in [0.5, 0.6) is 11.5 Å². The Morgan fingerprint density at radius 3 is 2.67 bits per heavy atom. The number of pyridine rings is 1. The van der Waals surface area contributed by atoms with Gasteiger partial charge in [-0.2, -0.15) is 0 Å². The van der Waals surface area contributed by atoms with E-state index in [9.17, 15) is 4.79 Å². The summed E-state index contributed by atoms with van der Waals surface area (Å²) in [6.45, 7) is 0.454. The first-order chi connectivity index (χ1) is 13.2. The van der Waals surface area contributed by atoms with E-state index in [1.54, 1.807) is 31.5 Å². The Bertz CT molecular complexity index is 918. The molecule has 0 saturated heterocycles. The summed E-state index contributed by atoms with van der Waals surface area (Å²) in [5.41, 5.74) is 1.55. The van der Waals surface area contributed by atoms with E-state index in [4.69, 9.17) is 9.47 Å². The van der Waals surface area contributed by atoms with Crippen molar-refractivity contribution >= 4 is 17.5 Å². The van der Waals surface area contributed by atoms with E-state index in [1.165, 1.54) is 19.4 Å². The topological polar surface area (TPSA) is 98.3 Å². The fourth-order valence-corrected chi connectivity index (χ4v) is 2.34. The Balaban J connectivity index is 1.72. The highest BCUT2D eigenvalue weighted by Gasteiger charge is 2.13. The fraction of sp³-hybridized carbons (Fsp3) is 0.158. The van der Waals surface area contributed by atoms with Gasteiger partial charge in [0.1, 0.15) is 17.2 Å². The minimum atomic E-state index is -0.384. The molecule has 3 rings (SSSR count). The SMILES string of the molecule is COc1ccc(OC)c(NC(=O)c2ccnc(NCc3ccccn3)n2)c1. The van der Waals surface area contributed by atoms with E-state index in [2.05, 4.69) is 25.6 Å². The third-order valence-corrected chi connectivity index (χ3v) is 3.70. The number of carbonyl (C=O) groups is 1. The van der Waals surface area contributed by atoms with Gasteiger partial charge in [-0.05, 0) is 30.3 Å². The van der Waals surface area contributed by atoms with E-state index in [0.717, 1.165) is 5.69 Å². The van der Waals surface area contributed by atoms with Crippen molar-refractivity contribution in [3.8, 4) is 11.5 Å². The minimum absolute atomic E-state index is 0.221. The molecule has 0 spiro atoms. The van der Waals surface area contributed by atoms with Crippen LogP contribution in [-0.2, 0) is 6.54 Å². The molecule has 0 unspecified atom stereocenters. The second-order valence-electron chi connectivity index (χ2n) is 5.46. The zero-order valence-electron chi connectivity index (χ0n) is 15.0. The number of amides is 1. The number of hydrogen-bond donors (Lipinski definition) is 2. The lowest BCUT2D eigenvalue weighted by atomic mass is 10.2. The van der Waals surface area contributed by atoms with Crippen LogP contribution in [0.2, 0.25) is 0 Å². The molecule has 0 aliphatic carbocycles. The maximum absolute atomic E-state index is 12.6. The van der Waals surface area contributed by atoms with Crippen molar-refractivity contribution < 1.29 is 14.3 Å². The van der Waals surface area contributed by atoms with Crippen LogP contribution in [0.3, 0.4) is 0 Å². The summed E-state index contributed by atoms with van der Waals surface area (Å²) >= 11 is 0. The maximum Gasteiger partial charge on any atom is 0.274 e. The van der Waals surface area contributed by atoms with Gasteiger partial charge in [-0.3, -0.25) is 9.78 Å². The normalized spacial score (nSPS) is 10.1. The first-order valence-electron chi connectivity index (χ1n) is 8.20. The van der Waals surface area contributed by atoms with Crippen LogP contribution in [0, 0.1) is 0 Å². The predicted octanol–water partition coefficient (Wildman–Crippen LogP) is 2.75. The first-order valence-corrected chi connectivity index (χ1v) is 8.20. The van der Waals surface area contributed by atoms with Crippen molar-refractivity contribution in [2.24, 2.45) is 0 Å². The monoisotopic (exact) mass is 365 g/mol. The molecular weight excluding hydrogens is 346 g/mol. The third-order valence-electron chi connectivity index (χ3n) is 3.70. The van der Waals surface area contributed by atoms with Gasteiger partial charge in [0.25, 0.3) is 5.91 Å². The lowest BCUT2D eigenvalue weighted by molar-refractivity contribution is 0.102. The van der Waals surface area contributed by atoms with Crippen LogP contribution in [0.4, 0.5) is 11.6 Å². The molecule has 3 aromatic rings. The molecule has 2 aromatic heterocycles. The molecule has 8 nitrogen and oxygen atoms in total. The molecule has 0 radical (unpaired) electrons. The summed E-state index contributed by atoms with van der Waals surface area (Å²) in [5, 5.41) is 5.83. The van der Waals surface area contributed by atoms with E-state index >= 15 is 0 Å². The number of rotatable bonds is 7. The van der Waals surface area contributed by atoms with Crippen molar-refractivity contribution in [2.45, 2.75) is 6.54 Å². The number of carbonyl (C=O) groups excluding carboxylic acids is 1. The summed E-state index contributed by atoms with van der Waals surface area (Å²) in [6, 6.07) is 12.3. The van der Waals surface area contributed by atoms with Crippen LogP contribution >= 0.6 is 0 Å². The van der Waals surface area contributed by atoms with Gasteiger partial charge >= 0.3 is 0 Å².